The van der Waals surface area contributed by atoms with Crippen molar-refractivity contribution in [3.05, 3.63) is 27.8 Å². The van der Waals surface area contributed by atoms with Gasteiger partial charge in [0.05, 0.1) is 11.2 Å². The zero-order chi connectivity index (χ0) is 14.1. The van der Waals surface area contributed by atoms with Crippen molar-refractivity contribution >= 4 is 17.2 Å². The highest BCUT2D eigenvalue weighted by Gasteiger charge is 2.29. The van der Waals surface area contributed by atoms with Crippen molar-refractivity contribution in [2.24, 2.45) is 0 Å². The van der Waals surface area contributed by atoms with Crippen LogP contribution in [0.1, 0.15) is 45.8 Å². The number of aromatic nitrogens is 3. The molecule has 0 unspecified atom stereocenters. The second-order valence-electron chi connectivity index (χ2n) is 5.03. The van der Waals surface area contributed by atoms with Crippen molar-refractivity contribution in [1.82, 2.24) is 20.0 Å². The van der Waals surface area contributed by atoms with Crippen LogP contribution in [0.4, 0.5) is 0 Å². The van der Waals surface area contributed by atoms with Gasteiger partial charge in [-0.25, -0.2) is 4.98 Å². The van der Waals surface area contributed by atoms with E-state index in [0.717, 1.165) is 30.0 Å². The van der Waals surface area contributed by atoms with Gasteiger partial charge in [-0.3, -0.25) is 4.79 Å². The molecule has 1 fully saturated rings. The Bertz CT molecular complexity index is 621. The predicted octanol–water partition coefficient (Wildman–Crippen LogP) is 2.16. The van der Waals surface area contributed by atoms with Crippen LogP contribution < -0.4 is 0 Å². The van der Waals surface area contributed by atoms with E-state index in [1.807, 2.05) is 11.8 Å². The largest absolute Gasteiger partial charge is 0.340 e. The fourth-order valence-electron chi connectivity index (χ4n) is 2.50. The van der Waals surface area contributed by atoms with E-state index >= 15 is 0 Å². The van der Waals surface area contributed by atoms with E-state index in [4.69, 9.17) is 4.52 Å². The third-order valence-corrected chi connectivity index (χ3v) is 4.47. The summed E-state index contributed by atoms with van der Waals surface area (Å²) in [6, 6.07) is 0. The average molecular weight is 292 g/mol. The summed E-state index contributed by atoms with van der Waals surface area (Å²) in [6.45, 7) is 5.08. The Hall–Kier alpha value is -1.76. The van der Waals surface area contributed by atoms with E-state index in [-0.39, 0.29) is 11.8 Å². The van der Waals surface area contributed by atoms with Gasteiger partial charge in [0, 0.05) is 25.9 Å². The molecule has 1 saturated heterocycles. The minimum atomic E-state index is 0.0647. The molecular weight excluding hydrogens is 276 g/mol. The summed E-state index contributed by atoms with van der Waals surface area (Å²) >= 11 is 1.40. The summed E-state index contributed by atoms with van der Waals surface area (Å²) in [4.78, 5) is 23.5. The van der Waals surface area contributed by atoms with E-state index in [9.17, 15) is 4.79 Å². The predicted molar refractivity (Wildman–Crippen MR) is 73.8 cm³/mol. The Balaban J connectivity index is 1.75. The molecule has 0 N–H and O–H groups in total. The number of thiazole rings is 1. The molecule has 0 aromatic carbocycles. The number of carbonyl (C=O) groups excluding carboxylic acids is 1. The second-order valence-corrected chi connectivity index (χ2v) is 5.88. The molecule has 6 nitrogen and oxygen atoms in total. The van der Waals surface area contributed by atoms with Gasteiger partial charge >= 0.3 is 0 Å². The van der Waals surface area contributed by atoms with Crippen LogP contribution in [0.2, 0.25) is 0 Å². The molecule has 0 saturated carbocycles. The first kappa shape index (κ1) is 13.2. The monoisotopic (exact) mass is 292 g/mol. The minimum Gasteiger partial charge on any atom is -0.340 e. The highest BCUT2D eigenvalue weighted by molar-refractivity contribution is 7.11. The van der Waals surface area contributed by atoms with E-state index in [1.165, 1.54) is 11.3 Å². The van der Waals surface area contributed by atoms with Gasteiger partial charge in [-0.1, -0.05) is 5.16 Å². The van der Waals surface area contributed by atoms with Crippen LogP contribution in [0.15, 0.2) is 10.0 Å². The van der Waals surface area contributed by atoms with E-state index in [1.54, 1.807) is 12.4 Å². The molecule has 1 amide bonds. The Morgan fingerprint density at radius 3 is 3.00 bits per heavy atom. The molecule has 0 aliphatic carbocycles. The van der Waals surface area contributed by atoms with Crippen molar-refractivity contribution in [2.45, 2.75) is 32.6 Å². The van der Waals surface area contributed by atoms with Gasteiger partial charge in [0.25, 0.3) is 5.91 Å². The summed E-state index contributed by atoms with van der Waals surface area (Å²) in [5.74, 6) is 1.51. The number of amides is 1. The Labute approximate surface area is 120 Å². The number of rotatable bonds is 2. The molecule has 1 atom stereocenters. The first-order chi connectivity index (χ1) is 9.65. The summed E-state index contributed by atoms with van der Waals surface area (Å²) in [5.41, 5.74) is 2.52. The molecule has 0 bridgehead atoms. The number of piperidine rings is 1. The van der Waals surface area contributed by atoms with E-state index in [0.29, 0.717) is 18.3 Å². The average Bonchev–Trinajstić information content (AvgIpc) is 3.07. The number of hydrogen-bond donors (Lipinski definition) is 0. The lowest BCUT2D eigenvalue weighted by molar-refractivity contribution is 0.0707. The van der Waals surface area contributed by atoms with Crippen molar-refractivity contribution in [2.75, 3.05) is 13.1 Å². The molecule has 0 radical (unpaired) electrons. The van der Waals surface area contributed by atoms with E-state index < -0.39 is 0 Å². The van der Waals surface area contributed by atoms with Crippen molar-refractivity contribution in [1.29, 1.82) is 0 Å². The molecule has 3 rings (SSSR count). The van der Waals surface area contributed by atoms with Gasteiger partial charge in [0.15, 0.2) is 5.82 Å². The quantitative estimate of drug-likeness (QED) is 0.848. The van der Waals surface area contributed by atoms with Gasteiger partial charge in [-0.15, -0.1) is 11.3 Å². The molecule has 0 spiro atoms. The number of hydrogen-bond acceptors (Lipinski definition) is 6. The van der Waals surface area contributed by atoms with E-state index in [2.05, 4.69) is 15.1 Å². The Morgan fingerprint density at radius 2 is 2.35 bits per heavy atom. The molecule has 2 aromatic rings. The van der Waals surface area contributed by atoms with Gasteiger partial charge < -0.3 is 9.42 Å². The van der Waals surface area contributed by atoms with Gasteiger partial charge in [0.1, 0.15) is 4.88 Å². The van der Waals surface area contributed by atoms with Crippen LogP contribution in [0.3, 0.4) is 0 Å². The van der Waals surface area contributed by atoms with Crippen molar-refractivity contribution < 1.29 is 9.32 Å². The zero-order valence-electron chi connectivity index (χ0n) is 11.5. The zero-order valence-corrected chi connectivity index (χ0v) is 12.3. The maximum Gasteiger partial charge on any atom is 0.265 e. The normalized spacial score (nSPS) is 19.3. The summed E-state index contributed by atoms with van der Waals surface area (Å²) < 4.78 is 5.03. The summed E-state index contributed by atoms with van der Waals surface area (Å²) in [7, 11) is 0. The van der Waals surface area contributed by atoms with Gasteiger partial charge in [0.2, 0.25) is 5.89 Å². The SMILES string of the molecule is Cc1nc([C@@H]2CCCN(C(=O)c3scnc3C)C2)no1. The van der Waals surface area contributed by atoms with Crippen molar-refractivity contribution in [3.8, 4) is 0 Å². The summed E-state index contributed by atoms with van der Waals surface area (Å²) in [5, 5.41) is 3.98. The first-order valence-corrected chi connectivity index (χ1v) is 7.52. The standard InChI is InChI=1S/C13H16N4O2S/c1-8-11(20-7-14-8)13(18)17-5-3-4-10(6-17)12-15-9(2)19-16-12/h7,10H,3-6H2,1-2H3/t10-/m1/s1. The van der Waals surface area contributed by atoms with Crippen LogP contribution >= 0.6 is 11.3 Å². The molecule has 20 heavy (non-hydrogen) atoms. The van der Waals surface area contributed by atoms with Gasteiger partial charge in [-0.2, -0.15) is 4.98 Å². The number of likely N-dealkylation sites (tertiary alicyclic amines) is 1. The molecule has 7 heteroatoms. The third-order valence-electron chi connectivity index (χ3n) is 3.56. The minimum absolute atomic E-state index is 0.0647. The second kappa shape index (κ2) is 5.32. The molecular formula is C13H16N4O2S. The molecule has 3 heterocycles. The number of nitrogens with zero attached hydrogens (tertiary/aromatic N) is 4. The first-order valence-electron chi connectivity index (χ1n) is 6.64. The van der Waals surface area contributed by atoms with Gasteiger partial charge in [-0.05, 0) is 19.8 Å². The van der Waals surface area contributed by atoms with Crippen molar-refractivity contribution in [3.63, 3.8) is 0 Å². The van der Waals surface area contributed by atoms with Crippen LogP contribution in [0.25, 0.3) is 0 Å². The lowest BCUT2D eigenvalue weighted by atomic mass is 9.97. The maximum atomic E-state index is 12.5. The van der Waals surface area contributed by atoms with Crippen LogP contribution in [0.5, 0.6) is 0 Å². The molecule has 1 aliphatic heterocycles. The molecule has 1 aliphatic rings. The number of aryl methyl sites for hydroxylation is 2. The topological polar surface area (TPSA) is 72.1 Å². The third kappa shape index (κ3) is 2.45. The highest BCUT2D eigenvalue weighted by atomic mass is 32.1. The van der Waals surface area contributed by atoms with Crippen LogP contribution in [-0.2, 0) is 0 Å². The van der Waals surface area contributed by atoms with Crippen LogP contribution in [0, 0.1) is 13.8 Å². The fraction of sp³-hybridized carbons (Fsp3) is 0.538. The fourth-order valence-corrected chi connectivity index (χ4v) is 3.27. The lowest BCUT2D eigenvalue weighted by Crippen LogP contribution is -2.39. The molecule has 106 valence electrons. The Morgan fingerprint density at radius 1 is 1.50 bits per heavy atom. The van der Waals surface area contributed by atoms with Crippen LogP contribution in [-0.4, -0.2) is 39.0 Å². The number of carbonyl (C=O) groups is 1. The summed E-state index contributed by atoms with van der Waals surface area (Å²) in [6.07, 6.45) is 1.95. The molecule has 2 aromatic heterocycles. The highest BCUT2D eigenvalue weighted by Crippen LogP contribution is 2.27. The smallest absolute Gasteiger partial charge is 0.265 e. The Kier molecular flexibility index (Phi) is 3.52. The maximum absolute atomic E-state index is 12.5. The lowest BCUT2D eigenvalue weighted by Gasteiger charge is -2.31.